The lowest BCUT2D eigenvalue weighted by molar-refractivity contribution is 0.0950. The molecule has 0 saturated heterocycles. The Morgan fingerprint density at radius 1 is 0.867 bits per heavy atom. The first-order chi connectivity index (χ1) is 14.7. The van der Waals surface area contributed by atoms with Crippen LogP contribution < -0.4 is 5.32 Å². The highest BCUT2D eigenvalue weighted by molar-refractivity contribution is 5.95. The summed E-state index contributed by atoms with van der Waals surface area (Å²) >= 11 is 0. The molecule has 0 bridgehead atoms. The molecule has 4 rings (SSSR count). The maximum Gasteiger partial charge on any atom is 0.251 e. The van der Waals surface area contributed by atoms with Crippen molar-refractivity contribution in [3.63, 3.8) is 0 Å². The van der Waals surface area contributed by atoms with Gasteiger partial charge in [0.25, 0.3) is 5.91 Å². The van der Waals surface area contributed by atoms with Crippen molar-refractivity contribution in [1.82, 2.24) is 14.9 Å². The number of para-hydroxylation sites is 1. The van der Waals surface area contributed by atoms with E-state index in [1.807, 2.05) is 84.4 Å². The van der Waals surface area contributed by atoms with Gasteiger partial charge in [-0.1, -0.05) is 66.7 Å². The van der Waals surface area contributed by atoms with Gasteiger partial charge in [-0.25, -0.2) is 4.98 Å². The van der Waals surface area contributed by atoms with Crippen LogP contribution in [-0.2, 0) is 19.4 Å². The molecule has 150 valence electrons. The Morgan fingerprint density at radius 3 is 2.33 bits per heavy atom. The third-order valence-electron chi connectivity index (χ3n) is 5.30. The number of hydrogen-bond acceptors (Lipinski definition) is 2. The lowest BCUT2D eigenvalue weighted by atomic mass is 9.99. The molecule has 0 fully saturated rings. The Balaban J connectivity index is 1.48. The Hall–Kier alpha value is -3.66. The number of nitrogens with zero attached hydrogens (tertiary/aromatic N) is 2. The number of aromatic nitrogens is 2. The minimum atomic E-state index is -0.0455. The lowest BCUT2D eigenvalue weighted by Gasteiger charge is -2.14. The van der Waals surface area contributed by atoms with Crippen molar-refractivity contribution in [2.24, 2.45) is 0 Å². The van der Waals surface area contributed by atoms with E-state index < -0.39 is 0 Å². The van der Waals surface area contributed by atoms with Crippen LogP contribution in [0.4, 0.5) is 0 Å². The molecule has 1 heterocycles. The summed E-state index contributed by atoms with van der Waals surface area (Å²) in [6.07, 6.45) is 5.47. The van der Waals surface area contributed by atoms with Gasteiger partial charge in [0.2, 0.25) is 0 Å². The van der Waals surface area contributed by atoms with Gasteiger partial charge in [-0.2, -0.15) is 0 Å². The minimum absolute atomic E-state index is 0.0455. The molecule has 1 amide bonds. The fraction of sp³-hybridized carbons (Fsp3) is 0.154. The summed E-state index contributed by atoms with van der Waals surface area (Å²) in [4.78, 5) is 17.3. The number of amides is 1. The summed E-state index contributed by atoms with van der Waals surface area (Å²) in [5.41, 5.74) is 5.17. The maximum absolute atomic E-state index is 13.0. The summed E-state index contributed by atoms with van der Waals surface area (Å²) in [6.45, 7) is 2.43. The fourth-order valence-corrected chi connectivity index (χ4v) is 3.68. The highest BCUT2D eigenvalue weighted by atomic mass is 16.1. The summed E-state index contributed by atoms with van der Waals surface area (Å²) < 4.78 is 2.04. The zero-order chi connectivity index (χ0) is 20.8. The molecule has 1 aromatic heterocycles. The first-order valence-electron chi connectivity index (χ1n) is 10.2. The highest BCUT2D eigenvalue weighted by Crippen LogP contribution is 2.17. The Bertz CT molecular complexity index is 1130. The van der Waals surface area contributed by atoms with E-state index in [0.717, 1.165) is 41.0 Å². The van der Waals surface area contributed by atoms with Crippen molar-refractivity contribution in [3.05, 3.63) is 119 Å². The number of aryl methyl sites for hydroxylation is 3. The number of benzene rings is 3. The van der Waals surface area contributed by atoms with Crippen molar-refractivity contribution in [3.8, 4) is 5.69 Å². The molecule has 0 saturated carbocycles. The van der Waals surface area contributed by atoms with E-state index in [2.05, 4.69) is 22.4 Å². The van der Waals surface area contributed by atoms with E-state index in [4.69, 9.17) is 0 Å². The van der Waals surface area contributed by atoms with Crippen LogP contribution in [0.3, 0.4) is 0 Å². The van der Waals surface area contributed by atoms with E-state index in [1.54, 1.807) is 6.20 Å². The molecule has 0 aliphatic rings. The van der Waals surface area contributed by atoms with E-state index in [1.165, 1.54) is 5.56 Å². The van der Waals surface area contributed by atoms with Crippen molar-refractivity contribution in [2.75, 3.05) is 0 Å². The van der Waals surface area contributed by atoms with Crippen LogP contribution in [0.15, 0.2) is 91.3 Å². The van der Waals surface area contributed by atoms with Crippen LogP contribution in [0.2, 0.25) is 0 Å². The highest BCUT2D eigenvalue weighted by Gasteiger charge is 2.12. The van der Waals surface area contributed by atoms with Crippen LogP contribution in [0.1, 0.15) is 32.9 Å². The molecule has 4 nitrogen and oxygen atoms in total. The second kappa shape index (κ2) is 9.23. The average molecular weight is 396 g/mol. The molecule has 0 aliphatic carbocycles. The van der Waals surface area contributed by atoms with Gasteiger partial charge in [-0.3, -0.25) is 4.79 Å². The number of carbonyl (C=O) groups excluding carboxylic acids is 1. The van der Waals surface area contributed by atoms with Gasteiger partial charge >= 0.3 is 0 Å². The third kappa shape index (κ3) is 4.49. The molecule has 0 aliphatic heterocycles. The number of rotatable bonds is 7. The van der Waals surface area contributed by atoms with Crippen LogP contribution in [-0.4, -0.2) is 15.5 Å². The first-order valence-corrected chi connectivity index (χ1v) is 10.2. The van der Waals surface area contributed by atoms with Crippen molar-refractivity contribution < 1.29 is 4.79 Å². The molecule has 4 aromatic rings. The van der Waals surface area contributed by atoms with Crippen molar-refractivity contribution >= 4 is 5.91 Å². The Kier molecular flexibility index (Phi) is 6.04. The smallest absolute Gasteiger partial charge is 0.251 e. The quantitative estimate of drug-likeness (QED) is 0.484. The average Bonchev–Trinajstić information content (AvgIpc) is 3.23. The van der Waals surface area contributed by atoms with Gasteiger partial charge in [0.15, 0.2) is 0 Å². The number of hydrogen-bond donors (Lipinski definition) is 1. The molecular formula is C26H25N3O. The molecular weight excluding hydrogens is 370 g/mol. The van der Waals surface area contributed by atoms with E-state index in [-0.39, 0.29) is 5.91 Å². The summed E-state index contributed by atoms with van der Waals surface area (Å²) in [5.74, 6) is 0.871. The molecule has 0 unspecified atom stereocenters. The van der Waals surface area contributed by atoms with Gasteiger partial charge in [-0.15, -0.1) is 0 Å². The van der Waals surface area contributed by atoms with Gasteiger partial charge in [0, 0.05) is 24.5 Å². The van der Waals surface area contributed by atoms with Gasteiger partial charge < -0.3 is 9.88 Å². The SMILES string of the molecule is Cc1nccn1-c1ccccc1CNC(=O)c1ccccc1CCc1ccccc1. The second-order valence-corrected chi connectivity index (χ2v) is 7.30. The van der Waals surface area contributed by atoms with Crippen molar-refractivity contribution in [1.29, 1.82) is 0 Å². The normalized spacial score (nSPS) is 10.7. The maximum atomic E-state index is 13.0. The van der Waals surface area contributed by atoms with E-state index >= 15 is 0 Å². The molecule has 30 heavy (non-hydrogen) atoms. The van der Waals surface area contributed by atoms with Gasteiger partial charge in [-0.05, 0) is 48.6 Å². The zero-order valence-corrected chi connectivity index (χ0v) is 17.1. The summed E-state index contributed by atoms with van der Waals surface area (Å²) in [7, 11) is 0. The minimum Gasteiger partial charge on any atom is -0.348 e. The van der Waals surface area contributed by atoms with Gasteiger partial charge in [0.1, 0.15) is 5.82 Å². The molecule has 0 spiro atoms. The molecule has 0 radical (unpaired) electrons. The monoisotopic (exact) mass is 395 g/mol. The topological polar surface area (TPSA) is 46.9 Å². The second-order valence-electron chi connectivity index (χ2n) is 7.30. The van der Waals surface area contributed by atoms with E-state index in [0.29, 0.717) is 6.54 Å². The molecule has 4 heteroatoms. The summed E-state index contributed by atoms with van der Waals surface area (Å²) in [5, 5.41) is 3.10. The first kappa shape index (κ1) is 19.6. The number of carbonyl (C=O) groups is 1. The number of nitrogens with one attached hydrogen (secondary N) is 1. The summed E-state index contributed by atoms with van der Waals surface area (Å²) in [6, 6.07) is 26.3. The molecule has 1 N–H and O–H groups in total. The fourth-order valence-electron chi connectivity index (χ4n) is 3.68. The number of imidazole rings is 1. The largest absolute Gasteiger partial charge is 0.348 e. The van der Waals surface area contributed by atoms with Crippen LogP contribution in [0.5, 0.6) is 0 Å². The molecule has 3 aromatic carbocycles. The Labute approximate surface area is 177 Å². The van der Waals surface area contributed by atoms with Gasteiger partial charge in [0.05, 0.1) is 5.69 Å². The lowest BCUT2D eigenvalue weighted by Crippen LogP contribution is -2.24. The standard InChI is InChI=1S/C26H25N3O/c1-20-27-17-18-29(20)25-14-8-6-12-23(25)19-28-26(30)24-13-7-5-11-22(24)16-15-21-9-3-2-4-10-21/h2-14,17-18H,15-16,19H2,1H3,(H,28,30). The van der Waals surface area contributed by atoms with Crippen LogP contribution in [0.25, 0.3) is 5.69 Å². The van der Waals surface area contributed by atoms with Crippen LogP contribution >= 0.6 is 0 Å². The van der Waals surface area contributed by atoms with Crippen molar-refractivity contribution in [2.45, 2.75) is 26.3 Å². The molecule has 0 atom stereocenters. The zero-order valence-electron chi connectivity index (χ0n) is 17.1. The predicted octanol–water partition coefficient (Wildman–Crippen LogP) is 4.90. The third-order valence-corrected chi connectivity index (χ3v) is 5.30. The van der Waals surface area contributed by atoms with Crippen LogP contribution in [0, 0.1) is 6.92 Å². The predicted molar refractivity (Wildman–Crippen MR) is 120 cm³/mol. The van der Waals surface area contributed by atoms with E-state index in [9.17, 15) is 4.79 Å². The Morgan fingerprint density at radius 2 is 1.57 bits per heavy atom.